The second kappa shape index (κ2) is 7.20. The molecule has 0 radical (unpaired) electrons. The summed E-state index contributed by atoms with van der Waals surface area (Å²) in [6.07, 6.45) is 6.12. The van der Waals surface area contributed by atoms with Gasteiger partial charge in [-0.15, -0.1) is 11.8 Å². The normalized spacial score (nSPS) is 30.2. The third-order valence-electron chi connectivity index (χ3n) is 4.39. The van der Waals surface area contributed by atoms with Gasteiger partial charge < -0.3 is 15.3 Å². The van der Waals surface area contributed by atoms with Gasteiger partial charge in [0.1, 0.15) is 6.04 Å². The molecule has 1 heterocycles. The third-order valence-corrected chi connectivity index (χ3v) is 5.40. The summed E-state index contributed by atoms with van der Waals surface area (Å²) >= 11 is 1.49. The summed E-state index contributed by atoms with van der Waals surface area (Å²) in [5, 5.41) is 11.9. The minimum atomic E-state index is -0.911. The Kier molecular flexibility index (Phi) is 5.57. The molecule has 1 atom stereocenters. The van der Waals surface area contributed by atoms with Crippen molar-refractivity contribution in [2.75, 3.05) is 18.2 Å². The van der Waals surface area contributed by atoms with Crippen LogP contribution in [0.3, 0.4) is 0 Å². The molecule has 2 N–H and O–H groups in total. The molecule has 1 saturated heterocycles. The molecule has 2 amide bonds. The number of urea groups is 1. The smallest absolute Gasteiger partial charge is 0.327 e. The van der Waals surface area contributed by atoms with Gasteiger partial charge in [-0.25, -0.2) is 9.59 Å². The second-order valence-corrected chi connectivity index (χ2v) is 6.97. The summed E-state index contributed by atoms with van der Waals surface area (Å²) in [6, 6.07) is -0.901. The van der Waals surface area contributed by atoms with Crippen molar-refractivity contribution in [3.8, 4) is 0 Å². The van der Waals surface area contributed by atoms with Crippen molar-refractivity contribution in [3.05, 3.63) is 0 Å². The Labute approximate surface area is 124 Å². The summed E-state index contributed by atoms with van der Waals surface area (Å²) in [5.74, 6) is 1.62. The van der Waals surface area contributed by atoms with Gasteiger partial charge in [0.25, 0.3) is 0 Å². The van der Waals surface area contributed by atoms with Crippen LogP contribution >= 0.6 is 11.8 Å². The van der Waals surface area contributed by atoms with Gasteiger partial charge in [-0.05, 0) is 18.3 Å². The molecular formula is C14H24N2O3S. The van der Waals surface area contributed by atoms with Gasteiger partial charge >= 0.3 is 12.0 Å². The van der Waals surface area contributed by atoms with E-state index < -0.39 is 12.0 Å². The van der Waals surface area contributed by atoms with Gasteiger partial charge in [0.05, 0.1) is 5.88 Å². The number of hydrogen-bond donors (Lipinski definition) is 2. The molecule has 6 heteroatoms. The van der Waals surface area contributed by atoms with Crippen LogP contribution in [0.2, 0.25) is 0 Å². The van der Waals surface area contributed by atoms with Crippen LogP contribution in [0.4, 0.5) is 4.79 Å². The maximum Gasteiger partial charge on any atom is 0.327 e. The van der Waals surface area contributed by atoms with Crippen LogP contribution in [0.15, 0.2) is 0 Å². The maximum absolute atomic E-state index is 12.0. The number of carboxylic acids is 1. The number of nitrogens with one attached hydrogen (secondary N) is 1. The number of hydrogen-bond acceptors (Lipinski definition) is 3. The van der Waals surface area contributed by atoms with Crippen molar-refractivity contribution in [1.29, 1.82) is 0 Å². The zero-order valence-corrected chi connectivity index (χ0v) is 12.8. The number of carbonyl (C=O) groups is 2. The number of thioether (sulfide) groups is 1. The van der Waals surface area contributed by atoms with Crippen molar-refractivity contribution in [2.45, 2.75) is 45.1 Å². The first-order valence-corrected chi connectivity index (χ1v) is 8.58. The van der Waals surface area contributed by atoms with Crippen molar-refractivity contribution in [1.82, 2.24) is 10.2 Å². The van der Waals surface area contributed by atoms with Crippen LogP contribution in [0.1, 0.15) is 39.0 Å². The minimum Gasteiger partial charge on any atom is -0.480 e. The van der Waals surface area contributed by atoms with Crippen molar-refractivity contribution in [2.24, 2.45) is 11.8 Å². The van der Waals surface area contributed by atoms with E-state index in [2.05, 4.69) is 12.2 Å². The standard InChI is InChI=1S/C14H24N2O3S/c1-10-2-4-11(5-3-10)6-7-15-14(19)16-9-20-8-12(16)13(17)18/h10-12H,2-9H2,1H3,(H,15,19)(H,17,18). The molecule has 0 aromatic carbocycles. The molecular weight excluding hydrogens is 276 g/mol. The fourth-order valence-electron chi connectivity index (χ4n) is 2.95. The molecule has 0 spiro atoms. The van der Waals surface area contributed by atoms with Gasteiger partial charge in [-0.1, -0.05) is 32.6 Å². The fourth-order valence-corrected chi connectivity index (χ4v) is 4.10. The predicted molar refractivity (Wildman–Crippen MR) is 79.7 cm³/mol. The highest BCUT2D eigenvalue weighted by Gasteiger charge is 2.34. The third kappa shape index (κ3) is 4.04. The van der Waals surface area contributed by atoms with Crippen LogP contribution in [-0.4, -0.2) is 46.2 Å². The lowest BCUT2D eigenvalue weighted by atomic mass is 9.81. The summed E-state index contributed by atoms with van der Waals surface area (Å²) < 4.78 is 0. The van der Waals surface area contributed by atoms with E-state index in [-0.39, 0.29) is 6.03 Å². The molecule has 1 aliphatic heterocycles. The summed E-state index contributed by atoms with van der Waals surface area (Å²) in [5.41, 5.74) is 0. The van der Waals surface area contributed by atoms with Crippen molar-refractivity contribution >= 4 is 23.8 Å². The monoisotopic (exact) mass is 300 g/mol. The molecule has 1 unspecified atom stereocenters. The molecule has 0 aromatic heterocycles. The van der Waals surface area contributed by atoms with Crippen LogP contribution in [-0.2, 0) is 4.79 Å². The quantitative estimate of drug-likeness (QED) is 0.836. The van der Waals surface area contributed by atoms with E-state index in [4.69, 9.17) is 5.11 Å². The van der Waals surface area contributed by atoms with E-state index in [0.717, 1.165) is 18.3 Å². The molecule has 1 saturated carbocycles. The number of carboxylic acid groups (broad SMARTS) is 1. The zero-order valence-electron chi connectivity index (χ0n) is 12.0. The lowest BCUT2D eigenvalue weighted by Gasteiger charge is -2.26. The van der Waals surface area contributed by atoms with Crippen LogP contribution in [0.25, 0.3) is 0 Å². The molecule has 2 aliphatic rings. The van der Waals surface area contributed by atoms with Crippen LogP contribution < -0.4 is 5.32 Å². The van der Waals surface area contributed by atoms with Crippen LogP contribution in [0, 0.1) is 11.8 Å². The first kappa shape index (κ1) is 15.5. The van der Waals surface area contributed by atoms with E-state index in [1.165, 1.54) is 42.3 Å². The summed E-state index contributed by atoms with van der Waals surface area (Å²) in [6.45, 7) is 2.96. The lowest BCUT2D eigenvalue weighted by Crippen LogP contribution is -2.47. The highest BCUT2D eigenvalue weighted by atomic mass is 32.2. The van der Waals surface area contributed by atoms with E-state index >= 15 is 0 Å². The number of rotatable bonds is 4. The topological polar surface area (TPSA) is 69.6 Å². The van der Waals surface area contributed by atoms with Crippen molar-refractivity contribution < 1.29 is 14.7 Å². The predicted octanol–water partition coefficient (Wildman–Crippen LogP) is 2.37. The van der Waals surface area contributed by atoms with Gasteiger partial charge in [0, 0.05) is 12.3 Å². The molecule has 1 aliphatic carbocycles. The summed E-state index contributed by atoms with van der Waals surface area (Å²) in [7, 11) is 0. The highest BCUT2D eigenvalue weighted by Crippen LogP contribution is 2.30. The van der Waals surface area contributed by atoms with Crippen molar-refractivity contribution in [3.63, 3.8) is 0 Å². The Morgan fingerprint density at radius 3 is 2.65 bits per heavy atom. The average Bonchev–Trinajstić information content (AvgIpc) is 2.90. The number of amides is 2. The second-order valence-electron chi connectivity index (χ2n) is 5.97. The highest BCUT2D eigenvalue weighted by molar-refractivity contribution is 7.99. The van der Waals surface area contributed by atoms with Gasteiger partial charge in [0.2, 0.25) is 0 Å². The average molecular weight is 300 g/mol. The first-order valence-electron chi connectivity index (χ1n) is 7.43. The lowest BCUT2D eigenvalue weighted by molar-refractivity contribution is -0.140. The van der Waals surface area contributed by atoms with Gasteiger partial charge in [0.15, 0.2) is 0 Å². The van der Waals surface area contributed by atoms with E-state index in [0.29, 0.717) is 18.2 Å². The van der Waals surface area contributed by atoms with E-state index in [1.54, 1.807) is 0 Å². The molecule has 20 heavy (non-hydrogen) atoms. The number of carbonyl (C=O) groups excluding carboxylic acids is 1. The molecule has 2 fully saturated rings. The largest absolute Gasteiger partial charge is 0.480 e. The number of aliphatic carboxylic acids is 1. The molecule has 0 aromatic rings. The number of nitrogens with zero attached hydrogens (tertiary/aromatic N) is 1. The van der Waals surface area contributed by atoms with Crippen LogP contribution in [0.5, 0.6) is 0 Å². The maximum atomic E-state index is 12.0. The molecule has 0 bridgehead atoms. The van der Waals surface area contributed by atoms with E-state index in [1.807, 2.05) is 0 Å². The molecule has 2 rings (SSSR count). The Morgan fingerprint density at radius 2 is 2.00 bits per heavy atom. The first-order chi connectivity index (χ1) is 9.58. The minimum absolute atomic E-state index is 0.230. The fraction of sp³-hybridized carbons (Fsp3) is 0.857. The Balaban J connectivity index is 1.68. The van der Waals surface area contributed by atoms with Gasteiger partial charge in [-0.2, -0.15) is 0 Å². The zero-order chi connectivity index (χ0) is 14.5. The Bertz CT molecular complexity index is 356. The molecule has 114 valence electrons. The van der Waals surface area contributed by atoms with E-state index in [9.17, 15) is 9.59 Å². The SMILES string of the molecule is CC1CCC(CCNC(=O)N2CSCC2C(=O)O)CC1. The Morgan fingerprint density at radius 1 is 1.30 bits per heavy atom. The Hall–Kier alpha value is -0.910. The van der Waals surface area contributed by atoms with Gasteiger partial charge in [-0.3, -0.25) is 0 Å². The molecule has 5 nitrogen and oxygen atoms in total. The summed E-state index contributed by atoms with van der Waals surface area (Å²) in [4.78, 5) is 24.5.